The summed E-state index contributed by atoms with van der Waals surface area (Å²) in [5.74, 6) is 1.01. The van der Waals surface area contributed by atoms with Gasteiger partial charge in [0.25, 0.3) is 0 Å². The van der Waals surface area contributed by atoms with Crippen molar-refractivity contribution in [2.75, 3.05) is 7.11 Å². The van der Waals surface area contributed by atoms with Gasteiger partial charge in [-0.1, -0.05) is 17.7 Å². The third-order valence-corrected chi connectivity index (χ3v) is 4.90. The number of hydrogen-bond acceptors (Lipinski definition) is 2. The molecule has 0 aromatic heterocycles. The molecular formula is C18H22O2. The predicted octanol–water partition coefficient (Wildman–Crippen LogP) is 4.21. The molecule has 106 valence electrons. The van der Waals surface area contributed by atoms with Crippen LogP contribution in [0.25, 0.3) is 0 Å². The van der Waals surface area contributed by atoms with Gasteiger partial charge in [0, 0.05) is 0 Å². The van der Waals surface area contributed by atoms with Crippen molar-refractivity contribution in [1.82, 2.24) is 0 Å². The Morgan fingerprint density at radius 1 is 0.900 bits per heavy atom. The summed E-state index contributed by atoms with van der Waals surface area (Å²) in [6, 6.07) is 7.80. The van der Waals surface area contributed by atoms with Gasteiger partial charge in [-0.15, -0.1) is 0 Å². The van der Waals surface area contributed by atoms with E-state index >= 15 is 0 Å². The highest BCUT2D eigenvalue weighted by molar-refractivity contribution is 6.07. The summed E-state index contributed by atoms with van der Waals surface area (Å²) >= 11 is 0. The van der Waals surface area contributed by atoms with Crippen LogP contribution in [0.2, 0.25) is 0 Å². The lowest BCUT2D eigenvalue weighted by molar-refractivity contribution is -0.119. The maximum absolute atomic E-state index is 12.8. The van der Waals surface area contributed by atoms with Crippen LogP contribution in [0.1, 0.15) is 40.2 Å². The zero-order valence-electron chi connectivity index (χ0n) is 13.1. The van der Waals surface area contributed by atoms with Crippen molar-refractivity contribution in [2.45, 2.75) is 40.0 Å². The molecule has 0 fully saturated rings. The Kier molecular flexibility index (Phi) is 3.59. The first-order chi connectivity index (χ1) is 9.33. The maximum atomic E-state index is 12.8. The van der Waals surface area contributed by atoms with E-state index in [-0.39, 0.29) is 5.78 Å². The van der Waals surface area contributed by atoms with Crippen LogP contribution in [0.3, 0.4) is 0 Å². The number of rotatable bonds is 2. The van der Waals surface area contributed by atoms with E-state index in [9.17, 15) is 4.79 Å². The van der Waals surface area contributed by atoms with Crippen molar-refractivity contribution in [3.05, 3.63) is 52.1 Å². The molecule has 0 bridgehead atoms. The molecule has 20 heavy (non-hydrogen) atoms. The predicted molar refractivity (Wildman–Crippen MR) is 82.1 cm³/mol. The summed E-state index contributed by atoms with van der Waals surface area (Å²) in [5, 5.41) is 0. The highest BCUT2D eigenvalue weighted by Gasteiger charge is 2.41. The molecule has 1 aromatic rings. The quantitative estimate of drug-likeness (QED) is 0.804. The molecule has 2 rings (SSSR count). The molecule has 0 N–H and O–H groups in total. The molecule has 1 unspecified atom stereocenters. The molecule has 0 radical (unpaired) electrons. The van der Waals surface area contributed by atoms with Gasteiger partial charge in [-0.3, -0.25) is 4.79 Å². The van der Waals surface area contributed by atoms with Crippen LogP contribution in [0.5, 0.6) is 5.75 Å². The minimum Gasteiger partial charge on any atom is -0.497 e. The van der Waals surface area contributed by atoms with Gasteiger partial charge >= 0.3 is 0 Å². The van der Waals surface area contributed by atoms with Crippen LogP contribution in [0.15, 0.2) is 46.6 Å². The molecule has 0 aliphatic heterocycles. The molecule has 1 aliphatic rings. The second-order valence-corrected chi connectivity index (χ2v) is 5.68. The number of methoxy groups -OCH3 is 1. The van der Waals surface area contributed by atoms with Crippen molar-refractivity contribution in [3.63, 3.8) is 0 Å². The van der Waals surface area contributed by atoms with Crippen molar-refractivity contribution in [3.8, 4) is 5.75 Å². The fraction of sp³-hybridized carbons (Fsp3) is 0.389. The van der Waals surface area contributed by atoms with Crippen LogP contribution in [0, 0.1) is 0 Å². The smallest absolute Gasteiger partial charge is 0.173 e. The Morgan fingerprint density at radius 2 is 1.45 bits per heavy atom. The van der Waals surface area contributed by atoms with E-state index in [1.54, 1.807) is 7.11 Å². The van der Waals surface area contributed by atoms with Crippen molar-refractivity contribution >= 4 is 5.78 Å². The van der Waals surface area contributed by atoms with Crippen LogP contribution < -0.4 is 4.74 Å². The van der Waals surface area contributed by atoms with E-state index in [4.69, 9.17) is 4.74 Å². The number of hydrogen-bond donors (Lipinski definition) is 0. The molecule has 0 spiro atoms. The average molecular weight is 270 g/mol. The fourth-order valence-electron chi connectivity index (χ4n) is 2.93. The summed E-state index contributed by atoms with van der Waals surface area (Å²) in [7, 11) is 1.65. The molecule has 1 aromatic carbocycles. The summed E-state index contributed by atoms with van der Waals surface area (Å²) < 4.78 is 5.20. The Balaban J connectivity index is 2.61. The number of carbonyl (C=O) groups is 1. The molecule has 0 saturated carbocycles. The van der Waals surface area contributed by atoms with Gasteiger partial charge in [-0.25, -0.2) is 0 Å². The first-order valence-electron chi connectivity index (χ1n) is 6.89. The lowest BCUT2D eigenvalue weighted by Crippen LogP contribution is -2.38. The van der Waals surface area contributed by atoms with Gasteiger partial charge < -0.3 is 4.74 Å². The van der Waals surface area contributed by atoms with E-state index in [0.717, 1.165) is 28.0 Å². The normalized spacial score (nSPS) is 23.4. The lowest BCUT2D eigenvalue weighted by Gasteiger charge is -2.36. The summed E-state index contributed by atoms with van der Waals surface area (Å²) in [6.45, 7) is 10.1. The number of ketones is 1. The van der Waals surface area contributed by atoms with E-state index in [2.05, 4.69) is 13.8 Å². The Morgan fingerprint density at radius 3 is 1.95 bits per heavy atom. The topological polar surface area (TPSA) is 26.3 Å². The number of benzene rings is 1. The zero-order valence-corrected chi connectivity index (χ0v) is 13.1. The van der Waals surface area contributed by atoms with E-state index in [1.165, 1.54) is 5.57 Å². The van der Waals surface area contributed by atoms with Crippen molar-refractivity contribution in [2.24, 2.45) is 0 Å². The molecule has 2 nitrogen and oxygen atoms in total. The maximum Gasteiger partial charge on any atom is 0.173 e. The molecule has 0 saturated heterocycles. The highest BCUT2D eigenvalue weighted by atomic mass is 16.5. The molecular weight excluding hydrogens is 248 g/mol. The fourth-order valence-corrected chi connectivity index (χ4v) is 2.93. The Bertz CT molecular complexity index is 617. The molecule has 0 heterocycles. The summed E-state index contributed by atoms with van der Waals surface area (Å²) in [6.07, 6.45) is 0. The van der Waals surface area contributed by atoms with Crippen LogP contribution in [-0.4, -0.2) is 12.9 Å². The highest BCUT2D eigenvalue weighted by Crippen LogP contribution is 2.42. The van der Waals surface area contributed by atoms with Gasteiger partial charge in [0.2, 0.25) is 0 Å². The SMILES string of the molecule is COc1ccc(C2(C)C(=O)C(C)=C(C)C(C)=C2C)cc1. The molecule has 2 heteroatoms. The third kappa shape index (κ3) is 1.91. The van der Waals surface area contributed by atoms with Gasteiger partial charge in [-0.2, -0.15) is 0 Å². The van der Waals surface area contributed by atoms with Gasteiger partial charge in [0.1, 0.15) is 5.75 Å². The molecule has 1 aliphatic carbocycles. The Hall–Kier alpha value is -1.83. The van der Waals surface area contributed by atoms with Crippen LogP contribution in [0.4, 0.5) is 0 Å². The van der Waals surface area contributed by atoms with Crippen molar-refractivity contribution < 1.29 is 9.53 Å². The van der Waals surface area contributed by atoms with Crippen LogP contribution in [-0.2, 0) is 10.2 Å². The number of ether oxygens (including phenoxy) is 1. The average Bonchev–Trinajstić information content (AvgIpc) is 2.49. The first-order valence-corrected chi connectivity index (χ1v) is 6.89. The molecule has 1 atom stereocenters. The van der Waals surface area contributed by atoms with Gasteiger partial charge in [0.15, 0.2) is 5.78 Å². The first kappa shape index (κ1) is 14.6. The summed E-state index contributed by atoms with van der Waals surface area (Å²) in [4.78, 5) is 12.8. The second kappa shape index (κ2) is 4.93. The minimum atomic E-state index is -0.569. The number of carbonyl (C=O) groups excluding carboxylic acids is 1. The zero-order chi connectivity index (χ0) is 15.1. The lowest BCUT2D eigenvalue weighted by atomic mass is 9.65. The largest absolute Gasteiger partial charge is 0.497 e. The summed E-state index contributed by atoms with van der Waals surface area (Å²) in [5.41, 5.74) is 4.79. The van der Waals surface area contributed by atoms with Gasteiger partial charge in [-0.05, 0) is 69.0 Å². The standard InChI is InChI=1S/C18H22O2/c1-11-12(2)14(4)18(5,17(19)13(11)3)15-7-9-16(20-6)10-8-15/h7-10H,1-6H3. The van der Waals surface area contributed by atoms with E-state index in [0.29, 0.717) is 0 Å². The number of allylic oxidation sites excluding steroid dienone is 4. The monoisotopic (exact) mass is 270 g/mol. The van der Waals surface area contributed by atoms with Crippen LogP contribution >= 0.6 is 0 Å². The third-order valence-electron chi connectivity index (χ3n) is 4.90. The molecule has 0 amide bonds. The van der Waals surface area contributed by atoms with E-state index < -0.39 is 5.41 Å². The second-order valence-electron chi connectivity index (χ2n) is 5.68. The van der Waals surface area contributed by atoms with Gasteiger partial charge in [0.05, 0.1) is 12.5 Å². The van der Waals surface area contributed by atoms with Crippen molar-refractivity contribution in [1.29, 1.82) is 0 Å². The van der Waals surface area contributed by atoms with E-state index in [1.807, 2.05) is 45.0 Å². The Labute approximate surface area is 121 Å². The minimum absolute atomic E-state index is 0.197. The number of Topliss-reactive ketones (excluding diaryl/α,β-unsaturated/α-hetero) is 1.